The number of carbonyl (C=O) groups is 1. The normalized spacial score (nSPS) is 37.0. The van der Waals surface area contributed by atoms with Crippen molar-refractivity contribution in [3.05, 3.63) is 41.2 Å². The lowest BCUT2D eigenvalue weighted by Crippen LogP contribution is -2.78. The van der Waals surface area contributed by atoms with Crippen LogP contribution in [-0.2, 0) is 11.8 Å². The maximum atomic E-state index is 12.8. The minimum atomic E-state index is -0.938. The standard InChI is InChI=1S/C24H28N4O4/c29-17-4-3-14-11-18-24(31)7-5-15(26-22(30)16-6-9-25-27-16)21-23(24,19(14)20(17)32-21)8-10-28(18)12-13-1-2-13/h3-4,6,9,13,15,18,21,29,31H,1-2,5,7-8,10-12H2,(H,25,27)(H,26,30)/t15-,18-,21+,23+,24-/m1/s1. The molecule has 168 valence electrons. The number of aromatic amines is 1. The minimum absolute atomic E-state index is 0.0372. The molecule has 3 aliphatic carbocycles. The van der Waals surface area contributed by atoms with Crippen LogP contribution in [0, 0.1) is 5.92 Å². The molecule has 1 spiro atoms. The number of aromatic hydroxyl groups is 1. The molecule has 7 rings (SSSR count). The summed E-state index contributed by atoms with van der Waals surface area (Å²) in [6.45, 7) is 1.95. The van der Waals surface area contributed by atoms with Gasteiger partial charge in [0.25, 0.3) is 5.91 Å². The number of carbonyl (C=O) groups excluding carboxylic acids is 1. The highest BCUT2D eigenvalue weighted by Crippen LogP contribution is 2.65. The van der Waals surface area contributed by atoms with Crippen molar-refractivity contribution >= 4 is 5.91 Å². The number of aromatic nitrogens is 2. The van der Waals surface area contributed by atoms with E-state index in [2.05, 4.69) is 20.4 Å². The molecule has 5 atom stereocenters. The van der Waals surface area contributed by atoms with Gasteiger partial charge in [-0.05, 0) is 68.7 Å². The average molecular weight is 437 g/mol. The summed E-state index contributed by atoms with van der Waals surface area (Å²) in [6.07, 6.45) is 6.47. The van der Waals surface area contributed by atoms with E-state index >= 15 is 0 Å². The molecule has 8 nitrogen and oxygen atoms in total. The predicted octanol–water partition coefficient (Wildman–Crippen LogP) is 1.48. The number of rotatable bonds is 4. The fraction of sp³-hybridized carbons (Fsp3) is 0.583. The molecule has 4 N–H and O–H groups in total. The molecule has 1 amide bonds. The molecule has 0 unspecified atom stereocenters. The zero-order chi connectivity index (χ0) is 21.7. The molecule has 2 bridgehead atoms. The third kappa shape index (κ3) is 2.29. The number of ether oxygens (including phenoxy) is 1. The number of aliphatic hydroxyl groups is 1. The van der Waals surface area contributed by atoms with Crippen molar-refractivity contribution in [1.29, 1.82) is 0 Å². The van der Waals surface area contributed by atoms with Gasteiger partial charge in [0.15, 0.2) is 11.5 Å². The molecule has 0 radical (unpaired) electrons. The van der Waals surface area contributed by atoms with Gasteiger partial charge < -0.3 is 20.3 Å². The number of piperidine rings is 1. The van der Waals surface area contributed by atoms with E-state index in [1.165, 1.54) is 12.8 Å². The monoisotopic (exact) mass is 436 g/mol. The first-order chi connectivity index (χ1) is 15.5. The van der Waals surface area contributed by atoms with Gasteiger partial charge in [0, 0.05) is 24.3 Å². The molecule has 5 aliphatic rings. The maximum absolute atomic E-state index is 12.8. The van der Waals surface area contributed by atoms with Crippen LogP contribution in [0.2, 0.25) is 0 Å². The van der Waals surface area contributed by atoms with Crippen molar-refractivity contribution in [1.82, 2.24) is 20.4 Å². The van der Waals surface area contributed by atoms with E-state index in [0.29, 0.717) is 24.3 Å². The number of nitrogens with one attached hydrogen (secondary N) is 2. The van der Waals surface area contributed by atoms with Gasteiger partial charge in [0.1, 0.15) is 11.8 Å². The average Bonchev–Trinajstić information content (AvgIpc) is 3.27. The van der Waals surface area contributed by atoms with Crippen molar-refractivity contribution < 1.29 is 19.7 Å². The van der Waals surface area contributed by atoms with Crippen LogP contribution in [-0.4, -0.2) is 68.1 Å². The third-order valence-corrected chi connectivity index (χ3v) is 8.82. The van der Waals surface area contributed by atoms with Gasteiger partial charge in [-0.2, -0.15) is 5.10 Å². The number of phenols is 1. The Labute approximate surface area is 186 Å². The Morgan fingerprint density at radius 2 is 2.16 bits per heavy atom. The molecule has 3 fully saturated rings. The van der Waals surface area contributed by atoms with Gasteiger partial charge in [0.2, 0.25) is 0 Å². The second-order valence-electron chi connectivity index (χ2n) is 10.4. The van der Waals surface area contributed by atoms with E-state index < -0.39 is 17.1 Å². The van der Waals surface area contributed by atoms with Crippen LogP contribution in [0.5, 0.6) is 11.5 Å². The Bertz CT molecular complexity index is 1100. The second-order valence-corrected chi connectivity index (χ2v) is 10.4. The third-order valence-electron chi connectivity index (χ3n) is 8.82. The summed E-state index contributed by atoms with van der Waals surface area (Å²) in [5.74, 6) is 1.15. The number of amides is 1. The van der Waals surface area contributed by atoms with E-state index in [1.54, 1.807) is 18.3 Å². The molecule has 2 saturated carbocycles. The van der Waals surface area contributed by atoms with E-state index in [-0.39, 0.29) is 23.7 Å². The summed E-state index contributed by atoms with van der Waals surface area (Å²) in [4.78, 5) is 15.3. The second kappa shape index (κ2) is 6.26. The molecule has 3 heterocycles. The predicted molar refractivity (Wildman–Crippen MR) is 115 cm³/mol. The Morgan fingerprint density at radius 3 is 2.94 bits per heavy atom. The van der Waals surface area contributed by atoms with Crippen molar-refractivity contribution in [2.45, 2.75) is 67.7 Å². The van der Waals surface area contributed by atoms with Crippen LogP contribution in [0.1, 0.15) is 53.7 Å². The van der Waals surface area contributed by atoms with Crippen LogP contribution < -0.4 is 10.1 Å². The number of likely N-dealkylation sites (tertiary alicyclic amines) is 1. The number of phenolic OH excluding ortho intramolecular Hbond substituents is 1. The first kappa shape index (κ1) is 18.9. The molecule has 2 aromatic rings. The zero-order valence-electron chi connectivity index (χ0n) is 17.9. The van der Waals surface area contributed by atoms with Gasteiger partial charge in [-0.1, -0.05) is 6.07 Å². The van der Waals surface area contributed by atoms with Crippen LogP contribution in [0.15, 0.2) is 24.4 Å². The van der Waals surface area contributed by atoms with Gasteiger partial charge in [0.05, 0.1) is 17.1 Å². The number of hydrogen-bond donors (Lipinski definition) is 4. The van der Waals surface area contributed by atoms with E-state index in [1.807, 2.05) is 6.07 Å². The van der Waals surface area contributed by atoms with Crippen LogP contribution >= 0.6 is 0 Å². The number of H-pyrrole nitrogens is 1. The molecule has 32 heavy (non-hydrogen) atoms. The fourth-order valence-electron chi connectivity index (χ4n) is 7.26. The highest BCUT2D eigenvalue weighted by Gasteiger charge is 2.73. The van der Waals surface area contributed by atoms with Gasteiger partial charge in [-0.15, -0.1) is 0 Å². The van der Waals surface area contributed by atoms with E-state index in [4.69, 9.17) is 4.74 Å². The molecule has 1 saturated heterocycles. The summed E-state index contributed by atoms with van der Waals surface area (Å²) in [5, 5.41) is 32.8. The largest absolute Gasteiger partial charge is 0.504 e. The lowest BCUT2D eigenvalue weighted by molar-refractivity contribution is -0.191. The lowest BCUT2D eigenvalue weighted by atomic mass is 9.48. The zero-order valence-corrected chi connectivity index (χ0v) is 17.9. The summed E-state index contributed by atoms with van der Waals surface area (Å²) in [6, 6.07) is 5.14. The van der Waals surface area contributed by atoms with Crippen LogP contribution in [0.3, 0.4) is 0 Å². The number of hydrogen-bond acceptors (Lipinski definition) is 6. The van der Waals surface area contributed by atoms with Crippen LogP contribution in [0.4, 0.5) is 0 Å². The van der Waals surface area contributed by atoms with E-state index in [9.17, 15) is 15.0 Å². The molecule has 2 aliphatic heterocycles. The van der Waals surface area contributed by atoms with Crippen LogP contribution in [0.25, 0.3) is 0 Å². The van der Waals surface area contributed by atoms with Gasteiger partial charge in [-0.25, -0.2) is 0 Å². The molecular weight excluding hydrogens is 408 g/mol. The lowest BCUT2D eigenvalue weighted by Gasteiger charge is -2.64. The smallest absolute Gasteiger partial charge is 0.269 e. The van der Waals surface area contributed by atoms with Crippen molar-refractivity contribution in [2.75, 3.05) is 13.1 Å². The summed E-state index contributed by atoms with van der Waals surface area (Å²) >= 11 is 0. The first-order valence-corrected chi connectivity index (χ1v) is 11.8. The molecule has 1 aromatic carbocycles. The fourth-order valence-corrected chi connectivity index (χ4v) is 7.26. The Morgan fingerprint density at radius 1 is 1.28 bits per heavy atom. The van der Waals surface area contributed by atoms with Gasteiger partial charge >= 0.3 is 0 Å². The summed E-state index contributed by atoms with van der Waals surface area (Å²) in [7, 11) is 0. The summed E-state index contributed by atoms with van der Waals surface area (Å²) in [5.41, 5.74) is 0.988. The number of benzene rings is 1. The molecular formula is C24H28N4O4. The SMILES string of the molecule is O=C(N[C@@H]1CC[C@@]2(O)[C@H]3Cc4ccc(O)c5c4[C@@]2(CCN3CC2CC2)[C@H]1O5)c1ccn[nH]1. The molecule has 8 heteroatoms. The quantitative estimate of drug-likeness (QED) is 0.578. The van der Waals surface area contributed by atoms with Gasteiger partial charge in [-0.3, -0.25) is 14.8 Å². The first-order valence-electron chi connectivity index (χ1n) is 11.8. The minimum Gasteiger partial charge on any atom is -0.504 e. The maximum Gasteiger partial charge on any atom is 0.269 e. The van der Waals surface area contributed by atoms with Crippen molar-refractivity contribution in [3.8, 4) is 11.5 Å². The highest BCUT2D eigenvalue weighted by atomic mass is 16.5. The summed E-state index contributed by atoms with van der Waals surface area (Å²) < 4.78 is 6.47. The number of nitrogens with zero attached hydrogens (tertiary/aromatic N) is 2. The molecule has 1 aromatic heterocycles. The Balaban J connectivity index is 1.32. The van der Waals surface area contributed by atoms with Crippen molar-refractivity contribution in [2.24, 2.45) is 5.92 Å². The van der Waals surface area contributed by atoms with E-state index in [0.717, 1.165) is 43.0 Å². The Hall–Kier alpha value is -2.58. The Kier molecular flexibility index (Phi) is 3.71. The topological polar surface area (TPSA) is 111 Å². The van der Waals surface area contributed by atoms with Crippen molar-refractivity contribution in [3.63, 3.8) is 0 Å². The highest BCUT2D eigenvalue weighted by molar-refractivity contribution is 5.92.